The number of aryl methyl sites for hydroxylation is 1. The number of hydrogen-bond donors (Lipinski definition) is 1. The minimum absolute atomic E-state index is 0.181. The number of H-pyrrole nitrogens is 1. The Kier molecular flexibility index (Phi) is 4.68. The summed E-state index contributed by atoms with van der Waals surface area (Å²) in [7, 11) is 0. The maximum Gasteiger partial charge on any atom is 0.266 e. The number of imidazole rings is 1. The molecule has 0 aliphatic carbocycles. The van der Waals surface area contributed by atoms with Gasteiger partial charge < -0.3 is 4.98 Å². The number of benzene rings is 1. The van der Waals surface area contributed by atoms with Crippen molar-refractivity contribution in [2.75, 3.05) is 0 Å². The van der Waals surface area contributed by atoms with E-state index in [4.69, 9.17) is 16.6 Å². The number of rotatable bonds is 4. The summed E-state index contributed by atoms with van der Waals surface area (Å²) < 4.78 is 1.53. The zero-order valence-corrected chi connectivity index (χ0v) is 17.3. The second kappa shape index (κ2) is 7.51. The van der Waals surface area contributed by atoms with Crippen LogP contribution in [-0.4, -0.2) is 34.5 Å². The van der Waals surface area contributed by atoms with E-state index < -0.39 is 0 Å². The molecule has 5 aromatic rings. The molecule has 148 valence electrons. The van der Waals surface area contributed by atoms with Crippen LogP contribution in [0, 0.1) is 6.92 Å². The Hall–Kier alpha value is -3.30. The maximum absolute atomic E-state index is 13.5. The van der Waals surface area contributed by atoms with Gasteiger partial charge in [-0.2, -0.15) is 0 Å². The van der Waals surface area contributed by atoms with E-state index in [0.29, 0.717) is 44.5 Å². The lowest BCUT2D eigenvalue weighted by atomic mass is 10.1. The summed E-state index contributed by atoms with van der Waals surface area (Å²) in [6, 6.07) is 9.12. The molecular weight excluding hydrogens is 422 g/mol. The van der Waals surface area contributed by atoms with E-state index in [9.17, 15) is 4.79 Å². The molecule has 30 heavy (non-hydrogen) atoms. The Morgan fingerprint density at radius 3 is 2.87 bits per heavy atom. The number of thioether (sulfide) groups is 1. The van der Waals surface area contributed by atoms with Gasteiger partial charge in [-0.3, -0.25) is 9.36 Å². The van der Waals surface area contributed by atoms with E-state index in [0.717, 1.165) is 5.56 Å². The third kappa shape index (κ3) is 3.21. The summed E-state index contributed by atoms with van der Waals surface area (Å²) in [5.41, 5.74) is 3.14. The first-order chi connectivity index (χ1) is 14.6. The van der Waals surface area contributed by atoms with E-state index in [2.05, 4.69) is 24.9 Å². The first kappa shape index (κ1) is 18.7. The fraction of sp³-hybridized carbons (Fsp3) is 0.100. The second-order valence-electron chi connectivity index (χ2n) is 6.54. The third-order valence-electron chi connectivity index (χ3n) is 4.63. The van der Waals surface area contributed by atoms with Crippen LogP contribution in [-0.2, 0) is 5.75 Å². The van der Waals surface area contributed by atoms with Gasteiger partial charge in [0.2, 0.25) is 0 Å². The number of hydrogen-bond acceptors (Lipinski definition) is 7. The van der Waals surface area contributed by atoms with Crippen LogP contribution in [0.4, 0.5) is 0 Å². The molecule has 1 N–H and O–H groups in total. The maximum atomic E-state index is 13.5. The van der Waals surface area contributed by atoms with Crippen LogP contribution >= 0.6 is 23.4 Å². The summed E-state index contributed by atoms with van der Waals surface area (Å²) in [6.45, 7) is 1.89. The lowest BCUT2D eigenvalue weighted by Crippen LogP contribution is -2.24. The van der Waals surface area contributed by atoms with Gasteiger partial charge in [0.25, 0.3) is 5.56 Å². The van der Waals surface area contributed by atoms with Crippen molar-refractivity contribution in [2.45, 2.75) is 17.8 Å². The van der Waals surface area contributed by atoms with E-state index in [1.165, 1.54) is 22.7 Å². The lowest BCUT2D eigenvalue weighted by molar-refractivity contribution is 0.875. The number of halogens is 1. The van der Waals surface area contributed by atoms with Crippen molar-refractivity contribution in [3.05, 3.63) is 75.9 Å². The van der Waals surface area contributed by atoms with Crippen LogP contribution in [0.15, 0.2) is 59.0 Å². The average molecular weight is 436 g/mol. The molecule has 4 aromatic heterocycles. The summed E-state index contributed by atoms with van der Waals surface area (Å²) in [6.07, 6.45) is 4.69. The fourth-order valence-corrected chi connectivity index (χ4v) is 4.27. The number of pyridine rings is 1. The monoisotopic (exact) mass is 435 g/mol. The summed E-state index contributed by atoms with van der Waals surface area (Å²) >= 11 is 7.74. The molecule has 5 rings (SSSR count). The molecule has 0 bridgehead atoms. The molecule has 0 atom stereocenters. The van der Waals surface area contributed by atoms with Gasteiger partial charge in [0.1, 0.15) is 17.7 Å². The molecule has 0 fully saturated rings. The van der Waals surface area contributed by atoms with Crippen molar-refractivity contribution >= 4 is 45.4 Å². The van der Waals surface area contributed by atoms with Crippen molar-refractivity contribution in [3.8, 4) is 5.69 Å². The highest BCUT2D eigenvalue weighted by molar-refractivity contribution is 7.98. The molecule has 0 amide bonds. The van der Waals surface area contributed by atoms with E-state index in [1.54, 1.807) is 24.5 Å². The number of aromatic amines is 1. The van der Waals surface area contributed by atoms with Crippen LogP contribution in [0.1, 0.15) is 11.4 Å². The smallest absolute Gasteiger partial charge is 0.266 e. The first-order valence-corrected chi connectivity index (χ1v) is 10.4. The highest BCUT2D eigenvalue weighted by Crippen LogP contribution is 2.25. The largest absolute Gasteiger partial charge is 0.317 e. The van der Waals surface area contributed by atoms with Gasteiger partial charge in [-0.05, 0) is 30.7 Å². The first-order valence-electron chi connectivity index (χ1n) is 9.02. The second-order valence-corrected chi connectivity index (χ2v) is 7.86. The van der Waals surface area contributed by atoms with Crippen LogP contribution in [0.5, 0.6) is 0 Å². The van der Waals surface area contributed by atoms with Gasteiger partial charge in [-0.15, -0.1) is 0 Å². The van der Waals surface area contributed by atoms with Crippen LogP contribution in [0.2, 0.25) is 5.15 Å². The number of nitrogens with zero attached hydrogens (tertiary/aromatic N) is 6. The predicted octanol–water partition coefficient (Wildman–Crippen LogP) is 3.70. The van der Waals surface area contributed by atoms with E-state index in [1.807, 2.05) is 25.1 Å². The molecule has 0 unspecified atom stereocenters. The highest BCUT2D eigenvalue weighted by atomic mass is 35.5. The summed E-state index contributed by atoms with van der Waals surface area (Å²) in [5.74, 6) is 0.932. The van der Waals surface area contributed by atoms with E-state index in [-0.39, 0.29) is 10.7 Å². The molecule has 4 heterocycles. The van der Waals surface area contributed by atoms with Crippen molar-refractivity contribution < 1.29 is 0 Å². The highest BCUT2D eigenvalue weighted by Gasteiger charge is 2.17. The molecular formula is C20H14ClN7OS. The Morgan fingerprint density at radius 2 is 2.03 bits per heavy atom. The fourth-order valence-electron chi connectivity index (χ4n) is 3.27. The molecule has 0 aliphatic rings. The van der Waals surface area contributed by atoms with Gasteiger partial charge in [-0.25, -0.2) is 24.9 Å². The number of fused-ring (bicyclic) bond motifs is 2. The quantitative estimate of drug-likeness (QED) is 0.339. The molecule has 1 aromatic carbocycles. The Labute approximate surface area is 179 Å². The predicted molar refractivity (Wildman–Crippen MR) is 116 cm³/mol. The Balaban J connectivity index is 1.65. The van der Waals surface area contributed by atoms with Gasteiger partial charge in [-0.1, -0.05) is 35.5 Å². The van der Waals surface area contributed by atoms with Gasteiger partial charge >= 0.3 is 0 Å². The van der Waals surface area contributed by atoms with Crippen LogP contribution < -0.4 is 5.56 Å². The minimum Gasteiger partial charge on any atom is -0.317 e. The standard InChI is InChI=1S/C20H14ClN7OS/c1-11-4-2-5-12-16(11)19(29)28(14-6-3-7-23-17(14)21)15(25-12)9-30-20-26-13-8-22-10-24-18(13)27-20/h2-8,10H,9H2,1H3,(H,22,24,26,27). The van der Waals surface area contributed by atoms with Crippen LogP contribution in [0.25, 0.3) is 27.8 Å². The van der Waals surface area contributed by atoms with Gasteiger partial charge in [0.15, 0.2) is 16.0 Å². The van der Waals surface area contributed by atoms with Crippen molar-refractivity contribution in [1.29, 1.82) is 0 Å². The molecule has 0 aliphatic heterocycles. The lowest BCUT2D eigenvalue weighted by Gasteiger charge is -2.14. The summed E-state index contributed by atoms with van der Waals surface area (Å²) in [4.78, 5) is 38.1. The van der Waals surface area contributed by atoms with Crippen molar-refractivity contribution in [1.82, 2.24) is 34.5 Å². The zero-order valence-electron chi connectivity index (χ0n) is 15.7. The zero-order chi connectivity index (χ0) is 20.7. The molecule has 10 heteroatoms. The molecule has 0 saturated heterocycles. The summed E-state index contributed by atoms with van der Waals surface area (Å²) in [5, 5.41) is 1.46. The van der Waals surface area contributed by atoms with Crippen molar-refractivity contribution in [2.24, 2.45) is 0 Å². The topological polar surface area (TPSA) is 102 Å². The average Bonchev–Trinajstić information content (AvgIpc) is 3.16. The van der Waals surface area contributed by atoms with Gasteiger partial charge in [0, 0.05) is 6.20 Å². The van der Waals surface area contributed by atoms with Gasteiger partial charge in [0.05, 0.1) is 28.5 Å². The minimum atomic E-state index is -0.181. The Bertz CT molecular complexity index is 1430. The third-order valence-corrected chi connectivity index (χ3v) is 5.79. The molecule has 0 radical (unpaired) electrons. The van der Waals surface area contributed by atoms with Crippen LogP contribution in [0.3, 0.4) is 0 Å². The van der Waals surface area contributed by atoms with Crippen molar-refractivity contribution in [3.63, 3.8) is 0 Å². The number of aromatic nitrogens is 7. The molecule has 0 saturated carbocycles. The molecule has 0 spiro atoms. The van der Waals surface area contributed by atoms with E-state index >= 15 is 0 Å². The Morgan fingerprint density at radius 1 is 1.13 bits per heavy atom. The SMILES string of the molecule is Cc1cccc2nc(CSc3nc4cncnc4[nH]3)n(-c3cccnc3Cl)c(=O)c12. The number of nitrogens with one attached hydrogen (secondary N) is 1. The molecule has 8 nitrogen and oxygen atoms in total. The normalized spacial score (nSPS) is 11.4.